The Morgan fingerprint density at radius 3 is 1.69 bits per heavy atom. The summed E-state index contributed by atoms with van der Waals surface area (Å²) in [6.45, 7) is 2.68. The smallest absolute Gasteiger partial charge is 0.383 e. The van der Waals surface area contributed by atoms with E-state index in [0.29, 0.717) is 44.0 Å². The fourth-order valence-electron chi connectivity index (χ4n) is 6.49. The van der Waals surface area contributed by atoms with Crippen molar-refractivity contribution in [2.24, 2.45) is 0 Å². The van der Waals surface area contributed by atoms with Gasteiger partial charge < -0.3 is 14.4 Å². The maximum atomic E-state index is 13.7. The monoisotopic (exact) mass is 755 g/mol. The van der Waals surface area contributed by atoms with Gasteiger partial charge in [0, 0.05) is 70.6 Å². The molecule has 2 aromatic carbocycles. The molecule has 2 aliphatic heterocycles. The van der Waals surface area contributed by atoms with Gasteiger partial charge in [0.1, 0.15) is 0 Å². The molecule has 1 amide bonds. The highest BCUT2D eigenvalue weighted by atomic mass is 35.5. The van der Waals surface area contributed by atoms with Crippen LogP contribution in [0.1, 0.15) is 51.9 Å². The van der Waals surface area contributed by atoms with Gasteiger partial charge in [-0.15, -0.1) is 24.8 Å². The van der Waals surface area contributed by atoms with Gasteiger partial charge in [0.15, 0.2) is 0 Å². The standard InChI is InChI=1S/C32H38F9N3O3.2ClH/c1-46-19-26-4-3-5-27(20-47-2)43(26)12-10-42-11-13-44(28(18-42)14-21-6-8-23(9-7-21)30(33,34)35)29(45)22-15-24(31(36,37)38)17-25(16-22)32(39,40)41;;/h6-9,15-17,26-28H,3-5,10-14,18-20H2,1-2H3;2*1H. The van der Waals surface area contributed by atoms with Gasteiger partial charge in [-0.2, -0.15) is 39.5 Å². The van der Waals surface area contributed by atoms with Crippen molar-refractivity contribution in [3.63, 3.8) is 0 Å². The van der Waals surface area contributed by atoms with Crippen LogP contribution < -0.4 is 0 Å². The molecule has 17 heteroatoms. The van der Waals surface area contributed by atoms with E-state index < -0.39 is 52.7 Å². The predicted molar refractivity (Wildman–Crippen MR) is 169 cm³/mol. The minimum Gasteiger partial charge on any atom is -0.383 e. The van der Waals surface area contributed by atoms with Crippen molar-refractivity contribution in [3.05, 3.63) is 70.3 Å². The molecule has 2 heterocycles. The molecule has 278 valence electrons. The number of rotatable bonds is 10. The fraction of sp³-hybridized carbons (Fsp3) is 0.594. The Hall–Kier alpha value is -2.30. The zero-order valence-corrected chi connectivity index (χ0v) is 28.5. The topological polar surface area (TPSA) is 45.3 Å². The van der Waals surface area contributed by atoms with Crippen LogP contribution >= 0.6 is 24.8 Å². The molecule has 0 spiro atoms. The Morgan fingerprint density at radius 2 is 1.22 bits per heavy atom. The number of benzene rings is 2. The minimum absolute atomic E-state index is 0. The fourth-order valence-corrected chi connectivity index (χ4v) is 6.49. The number of methoxy groups -OCH3 is 2. The summed E-state index contributed by atoms with van der Waals surface area (Å²) in [6.07, 6.45) is -11.9. The number of hydrogen-bond donors (Lipinski definition) is 0. The number of likely N-dealkylation sites (tertiary alicyclic amines) is 1. The van der Waals surface area contributed by atoms with Gasteiger partial charge in [-0.05, 0) is 55.2 Å². The molecule has 2 fully saturated rings. The Morgan fingerprint density at radius 1 is 0.714 bits per heavy atom. The van der Waals surface area contributed by atoms with Crippen LogP contribution in [-0.4, -0.2) is 98.9 Å². The lowest BCUT2D eigenvalue weighted by molar-refractivity contribution is -0.143. The second-order valence-corrected chi connectivity index (χ2v) is 12.0. The number of hydrogen-bond acceptors (Lipinski definition) is 5. The number of nitrogens with zero attached hydrogens (tertiary/aromatic N) is 3. The third-order valence-electron chi connectivity index (χ3n) is 8.82. The van der Waals surface area contributed by atoms with Gasteiger partial charge >= 0.3 is 18.5 Å². The molecule has 2 saturated heterocycles. The number of ether oxygens (including phenoxy) is 2. The molecule has 2 aromatic rings. The highest BCUT2D eigenvalue weighted by Gasteiger charge is 2.40. The molecular weight excluding hydrogens is 716 g/mol. The van der Waals surface area contributed by atoms with E-state index >= 15 is 0 Å². The van der Waals surface area contributed by atoms with Crippen LogP contribution in [0, 0.1) is 0 Å². The molecule has 3 atom stereocenters. The van der Waals surface area contributed by atoms with Crippen molar-refractivity contribution >= 4 is 30.7 Å². The van der Waals surface area contributed by atoms with E-state index in [-0.39, 0.29) is 69.0 Å². The highest BCUT2D eigenvalue weighted by molar-refractivity contribution is 5.95. The first-order valence-electron chi connectivity index (χ1n) is 15.2. The van der Waals surface area contributed by atoms with Crippen molar-refractivity contribution in [2.75, 3.05) is 60.2 Å². The van der Waals surface area contributed by atoms with Crippen molar-refractivity contribution in [1.29, 1.82) is 0 Å². The Kier molecular flexibility index (Phi) is 15.5. The molecule has 4 rings (SSSR count). The van der Waals surface area contributed by atoms with Crippen molar-refractivity contribution in [2.45, 2.75) is 62.3 Å². The lowest BCUT2D eigenvalue weighted by Gasteiger charge is -2.45. The van der Waals surface area contributed by atoms with E-state index in [2.05, 4.69) is 4.90 Å². The summed E-state index contributed by atoms with van der Waals surface area (Å²) in [4.78, 5) is 19.3. The average Bonchev–Trinajstić information content (AvgIpc) is 2.99. The maximum Gasteiger partial charge on any atom is 0.416 e. The number of carbonyl (C=O) groups excluding carboxylic acids is 1. The van der Waals surface area contributed by atoms with Crippen molar-refractivity contribution in [3.8, 4) is 0 Å². The molecule has 0 N–H and O–H groups in total. The predicted octanol–water partition coefficient (Wildman–Crippen LogP) is 7.47. The summed E-state index contributed by atoms with van der Waals surface area (Å²) in [5.41, 5.74) is -4.42. The Bertz CT molecular complexity index is 1290. The van der Waals surface area contributed by atoms with Crippen LogP contribution in [-0.2, 0) is 34.4 Å². The zero-order valence-electron chi connectivity index (χ0n) is 26.8. The third-order valence-corrected chi connectivity index (χ3v) is 8.82. The molecule has 6 nitrogen and oxygen atoms in total. The number of halogens is 11. The van der Waals surface area contributed by atoms with Crippen LogP contribution in [0.3, 0.4) is 0 Å². The van der Waals surface area contributed by atoms with Crippen LogP contribution in [0.5, 0.6) is 0 Å². The van der Waals surface area contributed by atoms with Gasteiger partial charge in [0.05, 0.1) is 29.9 Å². The molecule has 0 radical (unpaired) electrons. The molecular formula is C32H40Cl2F9N3O3. The first-order chi connectivity index (χ1) is 22.0. The van der Waals surface area contributed by atoms with E-state index in [1.54, 1.807) is 14.2 Å². The molecule has 0 aromatic heterocycles. The number of alkyl halides is 9. The number of piperidine rings is 1. The normalized spacial score (nSPS) is 21.2. The van der Waals surface area contributed by atoms with Crippen LogP contribution in [0.25, 0.3) is 0 Å². The number of carbonyl (C=O) groups is 1. The SMILES string of the molecule is COCC1CCCC(COC)N1CCN1CCN(C(=O)c2cc(C(F)(F)F)cc(C(F)(F)F)c2)C(Cc2ccc(C(F)(F)F)cc2)C1.Cl.Cl. The van der Waals surface area contributed by atoms with Gasteiger partial charge in [-0.25, -0.2) is 0 Å². The minimum atomic E-state index is -5.13. The zero-order chi connectivity index (χ0) is 34.6. The van der Waals surface area contributed by atoms with Crippen LogP contribution in [0.15, 0.2) is 42.5 Å². The second kappa shape index (κ2) is 17.8. The second-order valence-electron chi connectivity index (χ2n) is 12.0. The molecule has 0 aliphatic carbocycles. The van der Waals surface area contributed by atoms with Crippen LogP contribution in [0.4, 0.5) is 39.5 Å². The lowest BCUT2D eigenvalue weighted by atomic mass is 9.96. The summed E-state index contributed by atoms with van der Waals surface area (Å²) in [6, 6.07) is 4.64. The van der Waals surface area contributed by atoms with E-state index in [1.807, 2.05) is 4.90 Å². The third kappa shape index (κ3) is 11.3. The molecule has 0 bridgehead atoms. The van der Waals surface area contributed by atoms with Gasteiger partial charge in [0.25, 0.3) is 5.91 Å². The van der Waals surface area contributed by atoms with E-state index in [0.717, 1.165) is 31.4 Å². The Labute approximate surface area is 291 Å². The highest BCUT2D eigenvalue weighted by Crippen LogP contribution is 2.37. The largest absolute Gasteiger partial charge is 0.416 e. The van der Waals surface area contributed by atoms with Crippen LogP contribution in [0.2, 0.25) is 0 Å². The number of amides is 1. The summed E-state index contributed by atoms with van der Waals surface area (Å²) >= 11 is 0. The first-order valence-corrected chi connectivity index (χ1v) is 15.2. The van der Waals surface area contributed by atoms with Crippen molar-refractivity contribution in [1.82, 2.24) is 14.7 Å². The molecule has 2 aliphatic rings. The van der Waals surface area contributed by atoms with Gasteiger partial charge in [-0.1, -0.05) is 18.6 Å². The summed E-state index contributed by atoms with van der Waals surface area (Å²) in [7, 11) is 3.25. The molecule has 49 heavy (non-hydrogen) atoms. The molecule has 0 saturated carbocycles. The lowest BCUT2D eigenvalue weighted by Crippen LogP contribution is -2.58. The first kappa shape index (κ1) is 42.9. The summed E-state index contributed by atoms with van der Waals surface area (Å²) in [5.74, 6) is -1.02. The van der Waals surface area contributed by atoms with Gasteiger partial charge in [0.2, 0.25) is 0 Å². The van der Waals surface area contributed by atoms with Crippen molar-refractivity contribution < 1.29 is 53.8 Å². The average molecular weight is 757 g/mol. The van der Waals surface area contributed by atoms with E-state index in [1.165, 1.54) is 17.0 Å². The summed E-state index contributed by atoms with van der Waals surface area (Å²) < 4.78 is 132. The quantitative estimate of drug-likeness (QED) is 0.236. The summed E-state index contributed by atoms with van der Waals surface area (Å²) in [5, 5.41) is 0. The molecule has 3 unspecified atom stereocenters. The van der Waals surface area contributed by atoms with Gasteiger partial charge in [-0.3, -0.25) is 14.6 Å². The maximum absolute atomic E-state index is 13.7. The Balaban J connectivity index is 0.00000417. The van der Waals surface area contributed by atoms with E-state index in [4.69, 9.17) is 9.47 Å². The number of piperazine rings is 1. The van der Waals surface area contributed by atoms with E-state index in [9.17, 15) is 44.3 Å².